The zero-order valence-electron chi connectivity index (χ0n) is 14.6. The molecule has 5 nitrogen and oxygen atoms in total. The van der Waals surface area contributed by atoms with Gasteiger partial charge in [0, 0.05) is 17.0 Å². The van der Waals surface area contributed by atoms with Crippen molar-refractivity contribution in [3.05, 3.63) is 29.8 Å². The van der Waals surface area contributed by atoms with E-state index in [0.29, 0.717) is 17.2 Å². The lowest BCUT2D eigenvalue weighted by atomic mass is 10.1. The van der Waals surface area contributed by atoms with Crippen LogP contribution in [0.1, 0.15) is 38.1 Å². The van der Waals surface area contributed by atoms with E-state index in [2.05, 4.69) is 29.4 Å². The number of hydrogen-bond acceptors (Lipinski definition) is 7. The van der Waals surface area contributed by atoms with E-state index in [-0.39, 0.29) is 16.9 Å². The largest absolute Gasteiger partial charge is 0.325 e. The van der Waals surface area contributed by atoms with Crippen molar-refractivity contribution in [3.63, 3.8) is 0 Å². The second-order valence-electron chi connectivity index (χ2n) is 5.93. The third-order valence-electron chi connectivity index (χ3n) is 3.11. The third kappa shape index (κ3) is 6.45. The number of benzene rings is 1. The molecule has 0 saturated carbocycles. The van der Waals surface area contributed by atoms with Crippen LogP contribution >= 0.6 is 34.9 Å². The first-order valence-corrected chi connectivity index (χ1v) is 10.6. The van der Waals surface area contributed by atoms with E-state index in [0.717, 1.165) is 14.4 Å². The molecule has 0 aliphatic carbocycles. The van der Waals surface area contributed by atoms with Crippen LogP contribution in [-0.2, 0) is 4.79 Å². The first kappa shape index (κ1) is 19.9. The molecule has 1 N–H and O–H groups in total. The number of thioether (sulfide) groups is 2. The summed E-state index contributed by atoms with van der Waals surface area (Å²) in [6, 6.07) is 6.94. The van der Waals surface area contributed by atoms with Gasteiger partial charge >= 0.3 is 0 Å². The zero-order valence-corrected chi connectivity index (χ0v) is 17.1. The van der Waals surface area contributed by atoms with Crippen molar-refractivity contribution in [3.8, 4) is 0 Å². The van der Waals surface area contributed by atoms with Crippen LogP contribution in [0.3, 0.4) is 0 Å². The van der Waals surface area contributed by atoms with E-state index < -0.39 is 0 Å². The molecule has 0 aliphatic heterocycles. The molecule has 0 radical (unpaired) electrons. The molecule has 0 saturated heterocycles. The summed E-state index contributed by atoms with van der Waals surface area (Å²) in [6.45, 7) is 7.66. The fraction of sp³-hybridized carbons (Fsp3) is 0.412. The number of hydrogen-bond donors (Lipinski definition) is 1. The topological polar surface area (TPSA) is 72.0 Å². The van der Waals surface area contributed by atoms with Crippen LogP contribution in [0.25, 0.3) is 0 Å². The number of ketones is 1. The molecule has 0 unspecified atom stereocenters. The number of nitrogens with one attached hydrogen (secondary N) is 1. The molecule has 0 spiro atoms. The standard InChI is InChI=1S/C17H21N3O2S3/c1-10(2)9-23-16-19-20-17(25-16)24-12(4)15(22)18-14-7-5-6-13(8-14)11(3)21/h5-8,10,12H,9H2,1-4H3,(H,18,22)/t12-/m0/s1. The molecule has 0 bridgehead atoms. The molecule has 0 fully saturated rings. The predicted octanol–water partition coefficient (Wildman–Crippen LogP) is 4.61. The second-order valence-corrected chi connectivity index (χ2v) is 9.76. The van der Waals surface area contributed by atoms with E-state index >= 15 is 0 Å². The Morgan fingerprint density at radius 1 is 1.20 bits per heavy atom. The molecule has 1 atom stereocenters. The number of rotatable bonds is 8. The average molecular weight is 396 g/mol. The quantitative estimate of drug-likeness (QED) is 0.520. The van der Waals surface area contributed by atoms with Crippen molar-refractivity contribution in [2.75, 3.05) is 11.1 Å². The van der Waals surface area contributed by atoms with Crippen molar-refractivity contribution in [2.24, 2.45) is 5.92 Å². The zero-order chi connectivity index (χ0) is 18.4. The Bertz CT molecular complexity index is 746. The first-order chi connectivity index (χ1) is 11.8. The Kier molecular flexibility index (Phi) is 7.46. The number of anilines is 1. The molecule has 134 valence electrons. The van der Waals surface area contributed by atoms with Crippen LogP contribution in [0.5, 0.6) is 0 Å². The fourth-order valence-electron chi connectivity index (χ4n) is 1.81. The van der Waals surface area contributed by atoms with Crippen molar-refractivity contribution < 1.29 is 9.59 Å². The number of amides is 1. The lowest BCUT2D eigenvalue weighted by molar-refractivity contribution is -0.115. The summed E-state index contributed by atoms with van der Waals surface area (Å²) >= 11 is 4.59. The van der Waals surface area contributed by atoms with E-state index in [4.69, 9.17) is 0 Å². The smallest absolute Gasteiger partial charge is 0.237 e. The maximum atomic E-state index is 12.4. The average Bonchev–Trinajstić information content (AvgIpc) is 3.00. The molecule has 1 aromatic carbocycles. The van der Waals surface area contributed by atoms with Gasteiger partial charge in [-0.15, -0.1) is 10.2 Å². The molecular weight excluding hydrogens is 374 g/mol. The maximum Gasteiger partial charge on any atom is 0.237 e. The SMILES string of the molecule is CC(=O)c1cccc(NC(=O)[C@H](C)Sc2nnc(SCC(C)C)s2)c1. The van der Waals surface area contributed by atoms with Gasteiger partial charge in [0.05, 0.1) is 5.25 Å². The highest BCUT2D eigenvalue weighted by Crippen LogP contribution is 2.32. The van der Waals surface area contributed by atoms with E-state index in [1.54, 1.807) is 36.0 Å². The number of nitrogens with zero attached hydrogens (tertiary/aromatic N) is 2. The number of carbonyl (C=O) groups excluding carboxylic acids is 2. The van der Waals surface area contributed by atoms with Crippen LogP contribution in [0.2, 0.25) is 0 Å². The van der Waals surface area contributed by atoms with Gasteiger partial charge in [-0.25, -0.2) is 0 Å². The van der Waals surface area contributed by atoms with Gasteiger partial charge in [-0.1, -0.05) is 60.8 Å². The van der Waals surface area contributed by atoms with Gasteiger partial charge in [0.15, 0.2) is 14.5 Å². The molecule has 1 aromatic heterocycles. The monoisotopic (exact) mass is 395 g/mol. The summed E-state index contributed by atoms with van der Waals surface area (Å²) in [5.41, 5.74) is 1.20. The molecule has 1 amide bonds. The molecule has 0 aliphatic rings. The minimum Gasteiger partial charge on any atom is -0.325 e. The van der Waals surface area contributed by atoms with Gasteiger partial charge in [-0.3, -0.25) is 9.59 Å². The van der Waals surface area contributed by atoms with Gasteiger partial charge < -0.3 is 5.32 Å². The summed E-state index contributed by atoms with van der Waals surface area (Å²) in [5.74, 6) is 1.44. The number of carbonyl (C=O) groups is 2. The highest BCUT2D eigenvalue weighted by Gasteiger charge is 2.18. The van der Waals surface area contributed by atoms with E-state index in [1.165, 1.54) is 30.0 Å². The maximum absolute atomic E-state index is 12.4. The van der Waals surface area contributed by atoms with Crippen LogP contribution in [-0.4, -0.2) is 32.9 Å². The molecule has 1 heterocycles. The normalized spacial score (nSPS) is 12.2. The van der Waals surface area contributed by atoms with Gasteiger partial charge in [0.25, 0.3) is 0 Å². The molecule has 2 aromatic rings. The lowest BCUT2D eigenvalue weighted by Gasteiger charge is -2.10. The summed E-state index contributed by atoms with van der Waals surface area (Å²) < 4.78 is 1.71. The van der Waals surface area contributed by atoms with Crippen LogP contribution < -0.4 is 5.32 Å². The molecule has 25 heavy (non-hydrogen) atoms. The van der Waals surface area contributed by atoms with Gasteiger partial charge in [0.1, 0.15) is 0 Å². The molecule has 2 rings (SSSR count). The Morgan fingerprint density at radius 2 is 1.92 bits per heavy atom. The van der Waals surface area contributed by atoms with Crippen molar-refractivity contribution >= 4 is 52.2 Å². The Morgan fingerprint density at radius 3 is 2.60 bits per heavy atom. The lowest BCUT2D eigenvalue weighted by Crippen LogP contribution is -2.22. The third-order valence-corrected chi connectivity index (χ3v) is 6.78. The predicted molar refractivity (Wildman–Crippen MR) is 106 cm³/mol. The minimum atomic E-state index is -0.308. The second kappa shape index (κ2) is 9.35. The van der Waals surface area contributed by atoms with Crippen molar-refractivity contribution in [1.82, 2.24) is 10.2 Å². The summed E-state index contributed by atoms with van der Waals surface area (Å²) in [4.78, 5) is 23.8. The minimum absolute atomic E-state index is 0.0289. The van der Waals surface area contributed by atoms with Crippen LogP contribution in [0.4, 0.5) is 5.69 Å². The Balaban J connectivity index is 1.92. The van der Waals surface area contributed by atoms with Crippen molar-refractivity contribution in [1.29, 1.82) is 0 Å². The van der Waals surface area contributed by atoms with Gasteiger partial charge in [-0.2, -0.15) is 0 Å². The van der Waals surface area contributed by atoms with Crippen LogP contribution in [0, 0.1) is 5.92 Å². The van der Waals surface area contributed by atoms with E-state index in [9.17, 15) is 9.59 Å². The summed E-state index contributed by atoms with van der Waals surface area (Å²) in [6.07, 6.45) is 0. The Hall–Kier alpha value is -1.38. The highest BCUT2D eigenvalue weighted by atomic mass is 32.2. The first-order valence-electron chi connectivity index (χ1n) is 7.90. The summed E-state index contributed by atoms with van der Waals surface area (Å²) in [7, 11) is 0. The highest BCUT2D eigenvalue weighted by molar-refractivity contribution is 8.03. The fourth-order valence-corrected chi connectivity index (χ4v) is 4.95. The molecule has 8 heteroatoms. The number of Topliss-reactive ketones (excluding diaryl/α,β-unsaturated/α-hetero) is 1. The summed E-state index contributed by atoms with van der Waals surface area (Å²) in [5, 5.41) is 10.8. The van der Waals surface area contributed by atoms with Gasteiger partial charge in [-0.05, 0) is 31.9 Å². The number of aromatic nitrogens is 2. The van der Waals surface area contributed by atoms with Crippen LogP contribution in [0.15, 0.2) is 32.9 Å². The Labute approximate surface area is 160 Å². The van der Waals surface area contributed by atoms with Crippen molar-refractivity contribution in [2.45, 2.75) is 41.6 Å². The van der Waals surface area contributed by atoms with Gasteiger partial charge in [0.2, 0.25) is 5.91 Å². The molecular formula is C17H21N3O2S3. The van der Waals surface area contributed by atoms with E-state index in [1.807, 2.05) is 6.92 Å².